The zero-order valence-corrected chi connectivity index (χ0v) is 17.3. The Hall–Kier alpha value is -4.06. The summed E-state index contributed by atoms with van der Waals surface area (Å²) in [6.45, 7) is 0.651. The molecule has 0 aromatic heterocycles. The quantitative estimate of drug-likeness (QED) is 0.458. The maximum absolute atomic E-state index is 12.2. The highest BCUT2D eigenvalue weighted by Gasteiger charge is 2.28. The number of carbonyl (C=O) groups is 2. The Morgan fingerprint density at radius 1 is 0.969 bits per heavy atom. The van der Waals surface area contributed by atoms with Crippen molar-refractivity contribution >= 4 is 18.1 Å². The van der Waals surface area contributed by atoms with Gasteiger partial charge in [-0.25, -0.2) is 9.59 Å². The van der Waals surface area contributed by atoms with Crippen LogP contribution in [0.1, 0.15) is 39.4 Å². The van der Waals surface area contributed by atoms with Crippen LogP contribution in [-0.4, -0.2) is 35.4 Å². The average molecular weight is 429 g/mol. The Morgan fingerprint density at radius 3 is 2.28 bits per heavy atom. The number of hydrogen-bond acceptors (Lipinski definition) is 4. The Morgan fingerprint density at radius 2 is 1.62 bits per heavy atom. The van der Waals surface area contributed by atoms with Gasteiger partial charge >= 0.3 is 12.1 Å². The zero-order valence-electron chi connectivity index (χ0n) is 17.3. The summed E-state index contributed by atoms with van der Waals surface area (Å²) in [4.78, 5) is 23.2. The molecular formula is C26H23NO5. The van der Waals surface area contributed by atoms with E-state index in [4.69, 9.17) is 9.84 Å². The fourth-order valence-corrected chi connectivity index (χ4v) is 3.96. The van der Waals surface area contributed by atoms with Crippen LogP contribution in [-0.2, 0) is 4.74 Å². The summed E-state index contributed by atoms with van der Waals surface area (Å²) in [5.74, 6) is -1.44. The molecule has 1 aliphatic carbocycles. The van der Waals surface area contributed by atoms with Gasteiger partial charge in [0.2, 0.25) is 0 Å². The SMILES string of the molecule is O=C(NCCC=Cc1ccc(O)c(C(=O)O)c1)OCC1c2ccccc2-c2ccccc21. The molecule has 0 spiro atoms. The fourth-order valence-electron chi connectivity index (χ4n) is 3.96. The summed E-state index contributed by atoms with van der Waals surface area (Å²) in [6.07, 6.45) is 3.64. The molecule has 0 aliphatic heterocycles. The number of carboxylic acids is 1. The smallest absolute Gasteiger partial charge is 0.407 e. The first kappa shape index (κ1) is 21.2. The van der Waals surface area contributed by atoms with Crippen molar-refractivity contribution < 1.29 is 24.5 Å². The van der Waals surface area contributed by atoms with Gasteiger partial charge in [-0.05, 0) is 46.4 Å². The Kier molecular flexibility index (Phi) is 6.22. The number of fused-ring (bicyclic) bond motifs is 3. The van der Waals surface area contributed by atoms with E-state index < -0.39 is 12.1 Å². The predicted molar refractivity (Wildman–Crippen MR) is 122 cm³/mol. The minimum atomic E-state index is -1.19. The van der Waals surface area contributed by atoms with Crippen LogP contribution in [0.25, 0.3) is 17.2 Å². The van der Waals surface area contributed by atoms with Crippen molar-refractivity contribution in [3.8, 4) is 16.9 Å². The molecule has 0 saturated carbocycles. The van der Waals surface area contributed by atoms with E-state index >= 15 is 0 Å². The lowest BCUT2D eigenvalue weighted by Crippen LogP contribution is -2.26. The third kappa shape index (κ3) is 4.49. The number of aromatic carboxylic acids is 1. The van der Waals surface area contributed by atoms with Crippen LogP contribution in [0.2, 0.25) is 0 Å². The molecule has 0 radical (unpaired) electrons. The fraction of sp³-hybridized carbons (Fsp3) is 0.154. The van der Waals surface area contributed by atoms with E-state index in [1.165, 1.54) is 34.4 Å². The van der Waals surface area contributed by atoms with E-state index in [9.17, 15) is 14.7 Å². The van der Waals surface area contributed by atoms with Crippen LogP contribution in [0.15, 0.2) is 72.8 Å². The topological polar surface area (TPSA) is 95.9 Å². The molecule has 0 unspecified atom stereocenters. The first-order valence-electron chi connectivity index (χ1n) is 10.4. The van der Waals surface area contributed by atoms with Crippen molar-refractivity contribution in [2.24, 2.45) is 0 Å². The number of carboxylic acid groups (broad SMARTS) is 1. The van der Waals surface area contributed by atoms with Crippen LogP contribution in [0.3, 0.4) is 0 Å². The van der Waals surface area contributed by atoms with E-state index in [0.29, 0.717) is 18.5 Å². The molecule has 3 N–H and O–H groups in total. The Labute approximate surface area is 185 Å². The van der Waals surface area contributed by atoms with Crippen molar-refractivity contribution in [1.29, 1.82) is 0 Å². The normalized spacial score (nSPS) is 12.4. The molecule has 0 fully saturated rings. The maximum Gasteiger partial charge on any atom is 0.407 e. The lowest BCUT2D eigenvalue weighted by molar-refractivity contribution is 0.0693. The van der Waals surface area contributed by atoms with Gasteiger partial charge in [-0.2, -0.15) is 0 Å². The van der Waals surface area contributed by atoms with E-state index in [0.717, 1.165) is 0 Å². The number of nitrogens with one attached hydrogen (secondary N) is 1. The van der Waals surface area contributed by atoms with Gasteiger partial charge in [0.25, 0.3) is 0 Å². The number of amides is 1. The first-order valence-corrected chi connectivity index (χ1v) is 10.4. The van der Waals surface area contributed by atoms with Crippen LogP contribution >= 0.6 is 0 Å². The highest BCUT2D eigenvalue weighted by atomic mass is 16.5. The van der Waals surface area contributed by atoms with Crippen LogP contribution in [0.4, 0.5) is 4.79 Å². The molecule has 0 heterocycles. The van der Waals surface area contributed by atoms with Gasteiger partial charge in [-0.3, -0.25) is 0 Å². The van der Waals surface area contributed by atoms with E-state index in [1.807, 2.05) is 30.3 Å². The monoisotopic (exact) mass is 429 g/mol. The molecule has 0 saturated heterocycles. The molecule has 3 aromatic carbocycles. The third-order valence-electron chi connectivity index (χ3n) is 5.49. The highest BCUT2D eigenvalue weighted by molar-refractivity contribution is 5.91. The second-order valence-corrected chi connectivity index (χ2v) is 7.53. The second kappa shape index (κ2) is 9.39. The molecule has 6 nitrogen and oxygen atoms in total. The number of aromatic hydroxyl groups is 1. The first-order chi connectivity index (χ1) is 15.5. The summed E-state index contributed by atoms with van der Waals surface area (Å²) >= 11 is 0. The van der Waals surface area contributed by atoms with Crippen molar-refractivity contribution in [2.45, 2.75) is 12.3 Å². The third-order valence-corrected chi connectivity index (χ3v) is 5.49. The second-order valence-electron chi connectivity index (χ2n) is 7.53. The molecule has 1 aliphatic rings. The Balaban J connectivity index is 1.27. The lowest BCUT2D eigenvalue weighted by Gasteiger charge is -2.14. The maximum atomic E-state index is 12.2. The van der Waals surface area contributed by atoms with E-state index in [2.05, 4.69) is 29.6 Å². The average Bonchev–Trinajstić information content (AvgIpc) is 3.12. The van der Waals surface area contributed by atoms with Crippen molar-refractivity contribution in [3.63, 3.8) is 0 Å². The van der Waals surface area contributed by atoms with Gasteiger partial charge in [0.05, 0.1) is 0 Å². The van der Waals surface area contributed by atoms with Gasteiger partial charge in [0, 0.05) is 12.5 Å². The van der Waals surface area contributed by atoms with E-state index in [-0.39, 0.29) is 23.8 Å². The molecule has 162 valence electrons. The van der Waals surface area contributed by atoms with E-state index in [1.54, 1.807) is 12.1 Å². The lowest BCUT2D eigenvalue weighted by atomic mass is 9.98. The molecule has 0 bridgehead atoms. The standard InChI is InChI=1S/C26H23NO5/c28-24-13-12-17(15-22(24)25(29)30)7-5-6-14-27-26(31)32-16-23-20-10-3-1-8-18(20)19-9-2-4-11-21(19)23/h1-5,7-13,15,23,28H,6,14,16H2,(H,27,31)(H,29,30). The number of rotatable bonds is 7. The summed E-state index contributed by atoms with van der Waals surface area (Å²) in [7, 11) is 0. The summed E-state index contributed by atoms with van der Waals surface area (Å²) in [6, 6.07) is 20.7. The largest absolute Gasteiger partial charge is 0.507 e. The number of carbonyl (C=O) groups excluding carboxylic acids is 1. The molecular weight excluding hydrogens is 406 g/mol. The van der Waals surface area contributed by atoms with Crippen molar-refractivity contribution in [2.75, 3.05) is 13.2 Å². The number of alkyl carbamates (subject to hydrolysis) is 1. The van der Waals surface area contributed by atoms with Gasteiger partial charge in [-0.15, -0.1) is 0 Å². The molecule has 6 heteroatoms. The number of phenols is 1. The van der Waals surface area contributed by atoms with Gasteiger partial charge in [0.1, 0.15) is 17.9 Å². The number of ether oxygens (including phenoxy) is 1. The summed E-state index contributed by atoms with van der Waals surface area (Å²) in [5.41, 5.74) is 5.20. The Bertz CT molecular complexity index is 1140. The zero-order chi connectivity index (χ0) is 22.5. The summed E-state index contributed by atoms with van der Waals surface area (Å²) in [5, 5.41) is 21.3. The number of benzene rings is 3. The highest BCUT2D eigenvalue weighted by Crippen LogP contribution is 2.44. The predicted octanol–water partition coefficient (Wildman–Crippen LogP) is 5.03. The van der Waals surface area contributed by atoms with Crippen molar-refractivity contribution in [1.82, 2.24) is 5.32 Å². The van der Waals surface area contributed by atoms with Crippen LogP contribution in [0, 0.1) is 0 Å². The minimum absolute atomic E-state index is 0.0194. The van der Waals surface area contributed by atoms with Crippen LogP contribution < -0.4 is 5.32 Å². The van der Waals surface area contributed by atoms with Gasteiger partial charge < -0.3 is 20.3 Å². The minimum Gasteiger partial charge on any atom is -0.507 e. The molecule has 3 aromatic rings. The van der Waals surface area contributed by atoms with Crippen molar-refractivity contribution in [3.05, 3.63) is 95.1 Å². The molecule has 4 rings (SSSR count). The molecule has 0 atom stereocenters. The molecule has 1 amide bonds. The molecule has 32 heavy (non-hydrogen) atoms. The van der Waals surface area contributed by atoms with Gasteiger partial charge in [-0.1, -0.05) is 66.7 Å². The number of hydrogen-bond donors (Lipinski definition) is 3. The van der Waals surface area contributed by atoms with Gasteiger partial charge in [0.15, 0.2) is 0 Å². The summed E-state index contributed by atoms with van der Waals surface area (Å²) < 4.78 is 5.49. The van der Waals surface area contributed by atoms with Crippen LogP contribution in [0.5, 0.6) is 5.75 Å².